The third kappa shape index (κ3) is 4.75. The number of benzene rings is 1. The van der Waals surface area contributed by atoms with Crippen LogP contribution in [0.3, 0.4) is 0 Å². The zero-order chi connectivity index (χ0) is 24.5. The molecule has 10 heteroatoms. The van der Waals surface area contributed by atoms with Crippen molar-refractivity contribution in [3.8, 4) is 11.3 Å². The molecule has 180 valence electrons. The molecule has 8 nitrogen and oxygen atoms in total. The minimum absolute atomic E-state index is 0.0307. The number of nitrogens with two attached hydrogens (primary N) is 1. The van der Waals surface area contributed by atoms with E-state index in [0.717, 1.165) is 38.1 Å². The maximum Gasteiger partial charge on any atom is 0.229 e. The lowest BCUT2D eigenvalue weighted by molar-refractivity contribution is 0.313. The van der Waals surface area contributed by atoms with Gasteiger partial charge in [0.05, 0.1) is 18.1 Å². The second-order valence-corrected chi connectivity index (χ2v) is 8.75. The standard InChI is InChI=1S/C25H26F2N8/c1-15(28)18-5-6-29-24-19(18)11-16(12-20(24)26)23-21(27)14-31-25(33-23)32-22-4-3-17(13-30-22)35-9-7-34(2)8-10-35/h3-6,11-15H,7-10,28H2,1-2H3,(H,30,31,32,33). The maximum absolute atomic E-state index is 14.9. The summed E-state index contributed by atoms with van der Waals surface area (Å²) in [6.45, 7) is 5.69. The molecule has 1 fully saturated rings. The first-order chi connectivity index (χ1) is 16.9. The molecule has 5 rings (SSSR count). The smallest absolute Gasteiger partial charge is 0.229 e. The summed E-state index contributed by atoms with van der Waals surface area (Å²) in [5, 5.41) is 3.53. The number of aromatic nitrogens is 4. The van der Waals surface area contributed by atoms with Crippen molar-refractivity contribution in [2.75, 3.05) is 43.4 Å². The molecular formula is C25H26F2N8. The van der Waals surface area contributed by atoms with Gasteiger partial charge in [-0.2, -0.15) is 0 Å². The van der Waals surface area contributed by atoms with E-state index in [0.29, 0.717) is 16.8 Å². The lowest BCUT2D eigenvalue weighted by Gasteiger charge is -2.33. The Hall–Kier alpha value is -3.76. The molecule has 1 aliphatic rings. The highest BCUT2D eigenvalue weighted by Gasteiger charge is 2.17. The minimum atomic E-state index is -0.668. The van der Waals surface area contributed by atoms with E-state index in [1.54, 1.807) is 25.3 Å². The second-order valence-electron chi connectivity index (χ2n) is 8.75. The van der Waals surface area contributed by atoms with E-state index in [1.807, 2.05) is 12.1 Å². The molecule has 35 heavy (non-hydrogen) atoms. The molecule has 0 spiro atoms. The van der Waals surface area contributed by atoms with Crippen molar-refractivity contribution in [2.45, 2.75) is 13.0 Å². The number of likely N-dealkylation sites (N-methyl/N-ethyl adjacent to an activating group) is 1. The molecule has 0 saturated carbocycles. The van der Waals surface area contributed by atoms with Crippen LogP contribution in [0.4, 0.5) is 26.2 Å². The van der Waals surface area contributed by atoms with E-state index in [2.05, 4.69) is 42.1 Å². The Morgan fingerprint density at radius 2 is 1.77 bits per heavy atom. The Kier molecular flexibility index (Phi) is 6.23. The Bertz CT molecular complexity index is 1350. The first-order valence-corrected chi connectivity index (χ1v) is 11.4. The van der Waals surface area contributed by atoms with Gasteiger partial charge in [0.25, 0.3) is 0 Å². The molecule has 1 aliphatic heterocycles. The van der Waals surface area contributed by atoms with E-state index in [-0.39, 0.29) is 28.8 Å². The number of hydrogen-bond acceptors (Lipinski definition) is 8. The van der Waals surface area contributed by atoms with E-state index in [1.165, 1.54) is 12.3 Å². The summed E-state index contributed by atoms with van der Waals surface area (Å²) in [5.74, 6) is -0.568. The second kappa shape index (κ2) is 9.47. The molecule has 0 bridgehead atoms. The highest BCUT2D eigenvalue weighted by atomic mass is 19.1. The topological polar surface area (TPSA) is 96.1 Å². The monoisotopic (exact) mass is 476 g/mol. The van der Waals surface area contributed by atoms with Crippen molar-refractivity contribution in [3.63, 3.8) is 0 Å². The van der Waals surface area contributed by atoms with Crippen LogP contribution in [-0.4, -0.2) is 58.1 Å². The zero-order valence-electron chi connectivity index (χ0n) is 19.5. The van der Waals surface area contributed by atoms with Crippen molar-refractivity contribution >= 4 is 28.4 Å². The van der Waals surface area contributed by atoms with Crippen LogP contribution in [0.1, 0.15) is 18.5 Å². The fourth-order valence-electron chi connectivity index (χ4n) is 4.22. The van der Waals surface area contributed by atoms with Crippen LogP contribution in [0.25, 0.3) is 22.2 Å². The zero-order valence-corrected chi connectivity index (χ0v) is 19.5. The van der Waals surface area contributed by atoms with Gasteiger partial charge in [-0.05, 0) is 49.9 Å². The number of pyridine rings is 2. The average molecular weight is 477 g/mol. The number of fused-ring (bicyclic) bond motifs is 1. The van der Waals surface area contributed by atoms with Gasteiger partial charge in [-0.25, -0.2) is 23.7 Å². The number of anilines is 3. The molecule has 3 N–H and O–H groups in total. The molecule has 0 radical (unpaired) electrons. The first-order valence-electron chi connectivity index (χ1n) is 11.4. The third-order valence-corrected chi connectivity index (χ3v) is 6.20. The van der Waals surface area contributed by atoms with Gasteiger partial charge in [0.1, 0.15) is 22.8 Å². The van der Waals surface area contributed by atoms with Gasteiger partial charge in [0, 0.05) is 49.4 Å². The van der Waals surface area contributed by atoms with Crippen LogP contribution >= 0.6 is 0 Å². The Morgan fingerprint density at radius 1 is 0.971 bits per heavy atom. The molecule has 1 atom stereocenters. The van der Waals surface area contributed by atoms with Crippen LogP contribution in [0, 0.1) is 11.6 Å². The van der Waals surface area contributed by atoms with Gasteiger partial charge in [0.15, 0.2) is 5.82 Å². The van der Waals surface area contributed by atoms with Gasteiger partial charge < -0.3 is 20.9 Å². The highest BCUT2D eigenvalue weighted by Crippen LogP contribution is 2.31. The van der Waals surface area contributed by atoms with Crippen LogP contribution in [0.5, 0.6) is 0 Å². The number of rotatable bonds is 5. The van der Waals surface area contributed by atoms with E-state index in [9.17, 15) is 8.78 Å². The SMILES string of the molecule is CC(N)c1ccnc2c(F)cc(-c3nc(Nc4ccc(N5CCN(C)CC5)cn4)ncc3F)cc12. The lowest BCUT2D eigenvalue weighted by atomic mass is 10.00. The molecule has 3 aromatic heterocycles. The largest absolute Gasteiger partial charge is 0.368 e. The normalized spacial score (nSPS) is 15.4. The van der Waals surface area contributed by atoms with Crippen LogP contribution < -0.4 is 16.0 Å². The minimum Gasteiger partial charge on any atom is -0.368 e. The molecule has 0 aliphatic carbocycles. The number of hydrogen-bond donors (Lipinski definition) is 2. The fourth-order valence-corrected chi connectivity index (χ4v) is 4.22. The Balaban J connectivity index is 1.43. The van der Waals surface area contributed by atoms with Gasteiger partial charge in [-0.1, -0.05) is 0 Å². The summed E-state index contributed by atoms with van der Waals surface area (Å²) in [6, 6.07) is 8.07. The summed E-state index contributed by atoms with van der Waals surface area (Å²) in [4.78, 5) is 21.5. The number of nitrogens with zero attached hydrogens (tertiary/aromatic N) is 6. The highest BCUT2D eigenvalue weighted by molar-refractivity contribution is 5.87. The fraction of sp³-hybridized carbons (Fsp3) is 0.280. The van der Waals surface area contributed by atoms with Gasteiger partial charge in [-0.15, -0.1) is 0 Å². The number of nitrogens with one attached hydrogen (secondary N) is 1. The van der Waals surface area contributed by atoms with Crippen LogP contribution in [0.15, 0.2) is 48.9 Å². The van der Waals surface area contributed by atoms with Gasteiger partial charge in [-0.3, -0.25) is 4.98 Å². The average Bonchev–Trinajstić information content (AvgIpc) is 2.86. The summed E-state index contributed by atoms with van der Waals surface area (Å²) in [5.41, 5.74) is 8.22. The predicted octanol–water partition coefficient (Wildman–Crippen LogP) is 3.88. The Morgan fingerprint density at radius 3 is 2.49 bits per heavy atom. The summed E-state index contributed by atoms with van der Waals surface area (Å²) < 4.78 is 29.6. The Labute approximate surface area is 201 Å². The third-order valence-electron chi connectivity index (χ3n) is 6.20. The van der Waals surface area contributed by atoms with Crippen molar-refractivity contribution < 1.29 is 8.78 Å². The molecule has 4 aromatic rings. The van der Waals surface area contributed by atoms with Crippen molar-refractivity contribution in [1.29, 1.82) is 0 Å². The van der Waals surface area contributed by atoms with Gasteiger partial charge in [0.2, 0.25) is 5.95 Å². The summed E-state index contributed by atoms with van der Waals surface area (Å²) in [6.07, 6.45) is 4.36. The van der Waals surface area contributed by atoms with Crippen molar-refractivity contribution in [1.82, 2.24) is 24.8 Å². The van der Waals surface area contributed by atoms with Crippen molar-refractivity contribution in [3.05, 3.63) is 66.1 Å². The molecule has 4 heterocycles. The van der Waals surface area contributed by atoms with Crippen LogP contribution in [0.2, 0.25) is 0 Å². The molecule has 1 aromatic carbocycles. The van der Waals surface area contributed by atoms with E-state index >= 15 is 0 Å². The van der Waals surface area contributed by atoms with E-state index in [4.69, 9.17) is 5.73 Å². The molecule has 0 amide bonds. The van der Waals surface area contributed by atoms with Crippen molar-refractivity contribution in [2.24, 2.45) is 5.73 Å². The van der Waals surface area contributed by atoms with Gasteiger partial charge >= 0.3 is 0 Å². The summed E-state index contributed by atoms with van der Waals surface area (Å²) in [7, 11) is 2.11. The summed E-state index contributed by atoms with van der Waals surface area (Å²) >= 11 is 0. The maximum atomic E-state index is 14.9. The molecular weight excluding hydrogens is 450 g/mol. The van der Waals surface area contributed by atoms with E-state index < -0.39 is 11.6 Å². The predicted molar refractivity (Wildman–Crippen MR) is 133 cm³/mol. The lowest BCUT2D eigenvalue weighted by Crippen LogP contribution is -2.44. The molecule has 1 unspecified atom stereocenters. The quantitative estimate of drug-likeness (QED) is 0.448. The number of halogens is 2. The number of piperazine rings is 1. The first kappa shape index (κ1) is 23.0. The molecule has 1 saturated heterocycles. The van der Waals surface area contributed by atoms with Crippen LogP contribution in [-0.2, 0) is 0 Å².